The molecule has 6 heteroatoms. The maximum atomic E-state index is 12.4. The van der Waals surface area contributed by atoms with E-state index in [1.165, 1.54) is 10.4 Å². The van der Waals surface area contributed by atoms with Crippen LogP contribution in [0.1, 0.15) is 35.2 Å². The van der Waals surface area contributed by atoms with Crippen LogP contribution in [0.3, 0.4) is 0 Å². The first-order valence-electron chi connectivity index (χ1n) is 7.77. The molecule has 0 fully saturated rings. The molecule has 2 aromatic heterocycles. The van der Waals surface area contributed by atoms with Crippen molar-refractivity contribution in [2.24, 2.45) is 0 Å². The molecule has 0 unspecified atom stereocenters. The predicted molar refractivity (Wildman–Crippen MR) is 83.8 cm³/mol. The van der Waals surface area contributed by atoms with Crippen molar-refractivity contribution in [2.45, 2.75) is 44.4 Å². The van der Waals surface area contributed by atoms with Crippen molar-refractivity contribution in [3.8, 4) is 0 Å². The number of imidazole rings is 1. The van der Waals surface area contributed by atoms with Crippen LogP contribution in [0.25, 0.3) is 0 Å². The third-order valence-corrected chi connectivity index (χ3v) is 5.49. The van der Waals surface area contributed by atoms with E-state index in [-0.39, 0.29) is 18.1 Å². The zero-order valence-corrected chi connectivity index (χ0v) is 13.1. The summed E-state index contributed by atoms with van der Waals surface area (Å²) >= 11 is 1.70. The van der Waals surface area contributed by atoms with Gasteiger partial charge in [0.1, 0.15) is 11.9 Å². The van der Waals surface area contributed by atoms with E-state index in [1.807, 2.05) is 12.4 Å². The van der Waals surface area contributed by atoms with Gasteiger partial charge in [-0.15, -0.1) is 11.3 Å². The van der Waals surface area contributed by atoms with Crippen LogP contribution in [-0.4, -0.2) is 28.1 Å². The normalized spacial score (nSPS) is 23.6. The monoisotopic (exact) mass is 317 g/mol. The minimum absolute atomic E-state index is 0.0730. The lowest BCUT2D eigenvalue weighted by atomic mass is 10.0. The van der Waals surface area contributed by atoms with Crippen LogP contribution in [0.4, 0.5) is 0 Å². The Morgan fingerprint density at radius 1 is 1.50 bits per heavy atom. The summed E-state index contributed by atoms with van der Waals surface area (Å²) in [5.41, 5.74) is 1.34. The minimum atomic E-state index is -0.0730. The molecule has 0 saturated heterocycles. The summed E-state index contributed by atoms with van der Waals surface area (Å²) in [5, 5.41) is 5.25. The summed E-state index contributed by atoms with van der Waals surface area (Å²) in [5.74, 6) is 1.20. The number of fused-ring (bicyclic) bond motifs is 2. The molecule has 0 spiro atoms. The third-order valence-electron chi connectivity index (χ3n) is 4.43. The maximum Gasteiger partial charge on any atom is 0.223 e. The molecular formula is C16H19N3O2S. The molecule has 2 aliphatic rings. The first-order valence-corrected chi connectivity index (χ1v) is 8.65. The van der Waals surface area contributed by atoms with Crippen LogP contribution in [0, 0.1) is 0 Å². The number of carbonyl (C=O) groups is 1. The average molecular weight is 317 g/mol. The highest BCUT2D eigenvalue weighted by atomic mass is 32.1. The number of hydrogen-bond donors (Lipinski definition) is 1. The van der Waals surface area contributed by atoms with Crippen LogP contribution in [0.5, 0.6) is 0 Å². The van der Waals surface area contributed by atoms with E-state index in [0.717, 1.165) is 31.6 Å². The number of aryl methyl sites for hydroxylation is 1. The molecule has 0 aromatic carbocycles. The topological polar surface area (TPSA) is 56.1 Å². The molecule has 2 aromatic rings. The molecule has 0 bridgehead atoms. The second-order valence-corrected chi connectivity index (χ2v) is 6.87. The van der Waals surface area contributed by atoms with E-state index in [0.29, 0.717) is 13.0 Å². The summed E-state index contributed by atoms with van der Waals surface area (Å²) in [7, 11) is 0. The molecule has 4 heterocycles. The molecule has 0 aliphatic carbocycles. The van der Waals surface area contributed by atoms with Crippen molar-refractivity contribution < 1.29 is 9.53 Å². The van der Waals surface area contributed by atoms with Crippen LogP contribution in [0.2, 0.25) is 0 Å². The average Bonchev–Trinajstić information content (AvgIpc) is 3.15. The lowest BCUT2D eigenvalue weighted by molar-refractivity contribution is -0.125. The number of nitrogens with zero attached hydrogens (tertiary/aromatic N) is 2. The van der Waals surface area contributed by atoms with Crippen LogP contribution in [0.15, 0.2) is 23.8 Å². The van der Waals surface area contributed by atoms with Crippen molar-refractivity contribution in [2.75, 3.05) is 6.61 Å². The summed E-state index contributed by atoms with van der Waals surface area (Å²) in [4.78, 5) is 17.9. The van der Waals surface area contributed by atoms with Gasteiger partial charge in [0.25, 0.3) is 0 Å². The number of thiophene rings is 1. The Morgan fingerprint density at radius 3 is 3.41 bits per heavy atom. The molecule has 5 nitrogen and oxygen atoms in total. The van der Waals surface area contributed by atoms with E-state index in [9.17, 15) is 4.79 Å². The Bertz CT molecular complexity index is 678. The predicted octanol–water partition coefficient (Wildman–Crippen LogP) is 2.08. The number of rotatable bonds is 3. The molecule has 2 atom stereocenters. The van der Waals surface area contributed by atoms with Gasteiger partial charge in [0.2, 0.25) is 5.91 Å². The third kappa shape index (κ3) is 2.68. The number of nitrogens with one attached hydrogen (secondary N) is 1. The van der Waals surface area contributed by atoms with Crippen LogP contribution in [-0.2, 0) is 28.9 Å². The number of amides is 1. The van der Waals surface area contributed by atoms with Crippen molar-refractivity contribution in [1.82, 2.24) is 14.9 Å². The number of hydrogen-bond acceptors (Lipinski definition) is 4. The Hall–Kier alpha value is -1.66. The Morgan fingerprint density at radius 2 is 2.45 bits per heavy atom. The molecule has 116 valence electrons. The Balaban J connectivity index is 1.36. The van der Waals surface area contributed by atoms with E-state index >= 15 is 0 Å². The summed E-state index contributed by atoms with van der Waals surface area (Å²) in [6, 6.07) is 2.34. The molecule has 2 aliphatic heterocycles. The fraction of sp³-hybridized carbons (Fsp3) is 0.500. The molecule has 0 radical (unpaired) electrons. The Kier molecular flexibility index (Phi) is 3.72. The smallest absolute Gasteiger partial charge is 0.223 e. The van der Waals surface area contributed by atoms with Gasteiger partial charge in [0, 0.05) is 36.3 Å². The van der Waals surface area contributed by atoms with Gasteiger partial charge in [-0.3, -0.25) is 4.79 Å². The summed E-state index contributed by atoms with van der Waals surface area (Å²) in [6.07, 6.45) is 7.00. The van der Waals surface area contributed by atoms with Crippen molar-refractivity contribution >= 4 is 17.2 Å². The lowest BCUT2D eigenvalue weighted by Crippen LogP contribution is -2.41. The number of aromatic nitrogens is 2. The van der Waals surface area contributed by atoms with Gasteiger partial charge in [-0.2, -0.15) is 0 Å². The lowest BCUT2D eigenvalue weighted by Gasteiger charge is -2.27. The van der Waals surface area contributed by atoms with Crippen LogP contribution < -0.4 is 5.32 Å². The second kappa shape index (κ2) is 5.85. The van der Waals surface area contributed by atoms with Gasteiger partial charge in [0.05, 0.1) is 13.0 Å². The minimum Gasteiger partial charge on any atom is -0.372 e. The first-order chi connectivity index (χ1) is 10.8. The highest BCUT2D eigenvalue weighted by Gasteiger charge is 2.26. The van der Waals surface area contributed by atoms with Gasteiger partial charge < -0.3 is 14.6 Å². The van der Waals surface area contributed by atoms with Gasteiger partial charge in [-0.1, -0.05) is 0 Å². The van der Waals surface area contributed by atoms with Crippen LogP contribution >= 0.6 is 11.3 Å². The van der Waals surface area contributed by atoms with E-state index in [2.05, 4.69) is 26.3 Å². The van der Waals surface area contributed by atoms with Crippen molar-refractivity contribution in [3.63, 3.8) is 0 Å². The molecule has 1 N–H and O–H groups in total. The maximum absolute atomic E-state index is 12.4. The van der Waals surface area contributed by atoms with Crippen molar-refractivity contribution in [1.29, 1.82) is 0 Å². The fourth-order valence-electron chi connectivity index (χ4n) is 3.31. The summed E-state index contributed by atoms with van der Waals surface area (Å²) in [6.45, 7) is 1.53. The quantitative estimate of drug-likeness (QED) is 0.943. The standard InChI is InChI=1S/C16H19N3O2S/c20-15(9-13-16-11(3-7-21-13)4-8-22-16)18-12-1-2-14-17-5-6-19(14)10-12/h4-6,8,12-13H,1-3,7,9-10H2,(H,18,20)/t12-,13-/m1/s1. The molecule has 4 rings (SSSR count). The molecular weight excluding hydrogens is 298 g/mol. The van der Waals surface area contributed by atoms with Gasteiger partial charge in [-0.25, -0.2) is 4.98 Å². The highest BCUT2D eigenvalue weighted by molar-refractivity contribution is 7.10. The molecule has 1 amide bonds. The molecule has 22 heavy (non-hydrogen) atoms. The zero-order chi connectivity index (χ0) is 14.9. The molecule has 0 saturated carbocycles. The van der Waals surface area contributed by atoms with Gasteiger partial charge in [-0.05, 0) is 29.9 Å². The Labute approximate surface area is 133 Å². The van der Waals surface area contributed by atoms with E-state index < -0.39 is 0 Å². The highest BCUT2D eigenvalue weighted by Crippen LogP contribution is 2.33. The SMILES string of the molecule is O=C(C[C@H]1OCCc2ccsc21)N[C@@H]1CCc2nccn2C1. The van der Waals surface area contributed by atoms with Gasteiger partial charge >= 0.3 is 0 Å². The number of carbonyl (C=O) groups excluding carboxylic acids is 1. The fourth-order valence-corrected chi connectivity index (χ4v) is 4.32. The second-order valence-electron chi connectivity index (χ2n) is 5.92. The first kappa shape index (κ1) is 14.0. The zero-order valence-electron chi connectivity index (χ0n) is 12.3. The largest absolute Gasteiger partial charge is 0.372 e. The van der Waals surface area contributed by atoms with E-state index in [1.54, 1.807) is 11.3 Å². The van der Waals surface area contributed by atoms with E-state index in [4.69, 9.17) is 4.74 Å². The number of ether oxygens (including phenoxy) is 1. The van der Waals surface area contributed by atoms with Crippen molar-refractivity contribution in [3.05, 3.63) is 40.1 Å². The van der Waals surface area contributed by atoms with Gasteiger partial charge in [0.15, 0.2) is 0 Å². The summed E-state index contributed by atoms with van der Waals surface area (Å²) < 4.78 is 7.93.